The minimum absolute atomic E-state index is 0.139. The molecule has 132 valence electrons. The van der Waals surface area contributed by atoms with Gasteiger partial charge in [-0.05, 0) is 17.7 Å². The number of carbonyl (C=O) groups is 2. The summed E-state index contributed by atoms with van der Waals surface area (Å²) in [5, 5.41) is 19.7. The van der Waals surface area contributed by atoms with Gasteiger partial charge in [0.2, 0.25) is 5.91 Å². The van der Waals surface area contributed by atoms with Gasteiger partial charge in [0.05, 0.1) is 5.39 Å². The summed E-state index contributed by atoms with van der Waals surface area (Å²) in [4.78, 5) is 36.0. The van der Waals surface area contributed by atoms with Crippen LogP contribution >= 0.6 is 0 Å². The topological polar surface area (TPSA) is 114 Å². The lowest BCUT2D eigenvalue weighted by atomic mass is 10.1. The van der Waals surface area contributed by atoms with Crippen molar-refractivity contribution in [3.05, 3.63) is 70.5 Å². The highest BCUT2D eigenvalue weighted by Gasteiger charge is 2.21. The molecule has 8 nitrogen and oxygen atoms in total. The number of nitrogens with zero attached hydrogens (tertiary/aromatic N) is 3. The molecule has 0 aliphatic carbocycles. The maximum Gasteiger partial charge on any atom is 0.326 e. The van der Waals surface area contributed by atoms with E-state index in [1.807, 2.05) is 6.07 Å². The van der Waals surface area contributed by atoms with E-state index in [-0.39, 0.29) is 6.42 Å². The van der Waals surface area contributed by atoms with E-state index in [1.54, 1.807) is 48.5 Å². The Morgan fingerprint density at radius 2 is 1.77 bits per heavy atom. The van der Waals surface area contributed by atoms with Gasteiger partial charge in [0.25, 0.3) is 5.56 Å². The zero-order valence-electron chi connectivity index (χ0n) is 13.7. The predicted octanol–water partition coefficient (Wildman–Crippen LogP) is 0.604. The molecule has 26 heavy (non-hydrogen) atoms. The molecule has 3 rings (SSSR count). The fraction of sp³-hybridized carbons (Fsp3) is 0.167. The van der Waals surface area contributed by atoms with Crippen LogP contribution in [0.5, 0.6) is 0 Å². The summed E-state index contributed by atoms with van der Waals surface area (Å²) < 4.78 is 0.916. The number of amides is 1. The second kappa shape index (κ2) is 7.56. The Morgan fingerprint density at radius 1 is 1.08 bits per heavy atom. The van der Waals surface area contributed by atoms with E-state index in [1.165, 1.54) is 0 Å². The largest absolute Gasteiger partial charge is 0.480 e. The first kappa shape index (κ1) is 17.3. The molecule has 2 N–H and O–H groups in total. The highest BCUT2D eigenvalue weighted by molar-refractivity contribution is 5.84. The van der Waals surface area contributed by atoms with Gasteiger partial charge in [0.15, 0.2) is 0 Å². The Balaban J connectivity index is 1.74. The van der Waals surface area contributed by atoms with Crippen LogP contribution in [0.4, 0.5) is 0 Å². The van der Waals surface area contributed by atoms with Crippen molar-refractivity contribution in [1.82, 2.24) is 20.3 Å². The van der Waals surface area contributed by atoms with Crippen molar-refractivity contribution in [2.24, 2.45) is 0 Å². The number of benzene rings is 2. The molecule has 0 saturated heterocycles. The van der Waals surface area contributed by atoms with Gasteiger partial charge in [0, 0.05) is 6.42 Å². The standard InChI is InChI=1S/C18H16N4O4/c23-16(19-15(18(25)26)10-12-6-2-1-3-7-12)11-22-17(24)13-8-4-5-9-14(13)20-21-22/h1-9,15H,10-11H2,(H,19,23)(H,25,26)/t15-/m1/s1. The van der Waals surface area contributed by atoms with E-state index in [0.29, 0.717) is 10.9 Å². The van der Waals surface area contributed by atoms with Gasteiger partial charge in [-0.15, -0.1) is 5.10 Å². The van der Waals surface area contributed by atoms with E-state index >= 15 is 0 Å². The lowest BCUT2D eigenvalue weighted by Crippen LogP contribution is -2.45. The van der Waals surface area contributed by atoms with Crippen molar-refractivity contribution in [3.8, 4) is 0 Å². The van der Waals surface area contributed by atoms with Gasteiger partial charge in [-0.25, -0.2) is 9.48 Å². The summed E-state index contributed by atoms with van der Waals surface area (Å²) in [7, 11) is 0. The van der Waals surface area contributed by atoms with Crippen LogP contribution in [0.25, 0.3) is 10.9 Å². The Kier molecular flexibility index (Phi) is 5.02. The van der Waals surface area contributed by atoms with Crippen LogP contribution in [0.3, 0.4) is 0 Å². The number of aliphatic carboxylic acids is 1. The van der Waals surface area contributed by atoms with Crippen molar-refractivity contribution in [1.29, 1.82) is 0 Å². The van der Waals surface area contributed by atoms with Gasteiger partial charge in [-0.1, -0.05) is 47.7 Å². The number of rotatable bonds is 6. The molecule has 8 heteroatoms. The Labute approximate surface area is 148 Å². The third-order valence-corrected chi connectivity index (χ3v) is 3.84. The number of aromatic nitrogens is 3. The van der Waals surface area contributed by atoms with Crippen LogP contribution in [0.2, 0.25) is 0 Å². The smallest absolute Gasteiger partial charge is 0.326 e. The highest BCUT2D eigenvalue weighted by atomic mass is 16.4. The number of carboxylic acid groups (broad SMARTS) is 1. The number of fused-ring (bicyclic) bond motifs is 1. The molecule has 3 aromatic rings. The first-order valence-electron chi connectivity index (χ1n) is 7.93. The molecule has 0 aliphatic heterocycles. The van der Waals surface area contributed by atoms with Crippen LogP contribution in [-0.4, -0.2) is 38.0 Å². The summed E-state index contributed by atoms with van der Waals surface area (Å²) in [5.41, 5.74) is 0.755. The third-order valence-electron chi connectivity index (χ3n) is 3.84. The van der Waals surface area contributed by atoms with Crippen LogP contribution in [0.1, 0.15) is 5.56 Å². The monoisotopic (exact) mass is 352 g/mol. The average molecular weight is 352 g/mol. The van der Waals surface area contributed by atoms with E-state index in [9.17, 15) is 19.5 Å². The van der Waals surface area contributed by atoms with E-state index < -0.39 is 30.0 Å². The minimum atomic E-state index is -1.15. The second-order valence-electron chi connectivity index (χ2n) is 5.72. The fourth-order valence-electron chi connectivity index (χ4n) is 2.55. The molecule has 0 aliphatic rings. The van der Waals surface area contributed by atoms with Crippen molar-refractivity contribution < 1.29 is 14.7 Å². The quantitative estimate of drug-likeness (QED) is 0.672. The highest BCUT2D eigenvalue weighted by Crippen LogP contribution is 2.05. The van der Waals surface area contributed by atoms with Gasteiger partial charge >= 0.3 is 5.97 Å². The molecule has 1 aromatic heterocycles. The van der Waals surface area contributed by atoms with E-state index in [4.69, 9.17) is 0 Å². The predicted molar refractivity (Wildman–Crippen MR) is 93.5 cm³/mol. The molecular weight excluding hydrogens is 336 g/mol. The Bertz CT molecular complexity index is 1000. The van der Waals surface area contributed by atoms with Gasteiger partial charge < -0.3 is 10.4 Å². The molecule has 0 saturated carbocycles. The number of hydrogen-bond donors (Lipinski definition) is 2. The Morgan fingerprint density at radius 3 is 2.50 bits per heavy atom. The van der Waals surface area contributed by atoms with Gasteiger partial charge in [-0.3, -0.25) is 9.59 Å². The maximum atomic E-state index is 12.3. The molecule has 1 heterocycles. The van der Waals surface area contributed by atoms with E-state index in [2.05, 4.69) is 15.6 Å². The summed E-state index contributed by atoms with van der Waals surface area (Å²) in [6, 6.07) is 14.5. The van der Waals surface area contributed by atoms with Gasteiger partial charge in [0.1, 0.15) is 18.1 Å². The normalized spacial score (nSPS) is 11.8. The number of carboxylic acids is 1. The molecule has 0 fully saturated rings. The van der Waals surface area contributed by atoms with Crippen LogP contribution in [0, 0.1) is 0 Å². The summed E-state index contributed by atoms with van der Waals surface area (Å²) >= 11 is 0. The first-order valence-corrected chi connectivity index (χ1v) is 7.93. The number of carbonyl (C=O) groups excluding carboxylic acids is 1. The van der Waals surface area contributed by atoms with Crippen LogP contribution < -0.4 is 10.9 Å². The molecule has 0 radical (unpaired) electrons. The minimum Gasteiger partial charge on any atom is -0.480 e. The lowest BCUT2D eigenvalue weighted by molar-refractivity contribution is -0.141. The SMILES string of the molecule is O=C(Cn1nnc2ccccc2c1=O)N[C@H](Cc1ccccc1)C(=O)O. The first-order chi connectivity index (χ1) is 12.5. The second-order valence-corrected chi connectivity index (χ2v) is 5.72. The molecule has 0 unspecified atom stereocenters. The van der Waals surface area contributed by atoms with Crippen LogP contribution in [-0.2, 0) is 22.6 Å². The molecule has 2 aromatic carbocycles. The van der Waals surface area contributed by atoms with E-state index in [0.717, 1.165) is 10.2 Å². The van der Waals surface area contributed by atoms with Gasteiger partial charge in [-0.2, -0.15) is 0 Å². The number of hydrogen-bond acceptors (Lipinski definition) is 5. The molecule has 1 atom stereocenters. The molecule has 1 amide bonds. The fourth-order valence-corrected chi connectivity index (χ4v) is 2.55. The lowest BCUT2D eigenvalue weighted by Gasteiger charge is -2.15. The molecule has 0 bridgehead atoms. The van der Waals surface area contributed by atoms with Crippen molar-refractivity contribution in [2.45, 2.75) is 19.0 Å². The van der Waals surface area contributed by atoms with Crippen molar-refractivity contribution in [3.63, 3.8) is 0 Å². The zero-order valence-corrected chi connectivity index (χ0v) is 13.7. The number of nitrogens with one attached hydrogen (secondary N) is 1. The summed E-state index contributed by atoms with van der Waals surface area (Å²) in [6.45, 7) is -0.408. The zero-order chi connectivity index (χ0) is 18.5. The average Bonchev–Trinajstić information content (AvgIpc) is 2.64. The molecule has 0 spiro atoms. The maximum absolute atomic E-state index is 12.3. The third kappa shape index (κ3) is 3.92. The molecular formula is C18H16N4O4. The van der Waals surface area contributed by atoms with Crippen molar-refractivity contribution >= 4 is 22.8 Å². The Hall–Kier alpha value is -3.55. The van der Waals surface area contributed by atoms with Crippen LogP contribution in [0.15, 0.2) is 59.4 Å². The summed E-state index contributed by atoms with van der Waals surface area (Å²) in [6.07, 6.45) is 0.139. The van der Waals surface area contributed by atoms with Crippen molar-refractivity contribution in [2.75, 3.05) is 0 Å². The summed E-state index contributed by atoms with van der Waals surface area (Å²) in [5.74, 6) is -1.78.